The first kappa shape index (κ1) is 16.8. The topological polar surface area (TPSA) is 12.0 Å². The monoisotopic (exact) mass is 273 g/mol. The predicted octanol–water partition coefficient (Wildman–Crippen LogP) is 5.57. The van der Waals surface area contributed by atoms with E-state index in [0.717, 1.165) is 6.42 Å². The predicted molar refractivity (Wildman–Crippen MR) is 92.7 cm³/mol. The van der Waals surface area contributed by atoms with Gasteiger partial charge in [0.15, 0.2) is 0 Å². The zero-order chi connectivity index (χ0) is 15.7. The van der Waals surface area contributed by atoms with Gasteiger partial charge in [0.2, 0.25) is 0 Å². The van der Waals surface area contributed by atoms with Crippen molar-refractivity contribution >= 4 is 11.8 Å². The summed E-state index contributed by atoms with van der Waals surface area (Å²) in [5.74, 6) is 0. The highest BCUT2D eigenvalue weighted by Gasteiger charge is 2.23. The van der Waals surface area contributed by atoms with Crippen molar-refractivity contribution in [1.29, 1.82) is 0 Å². The first-order valence-electron chi connectivity index (χ1n) is 7.48. The van der Waals surface area contributed by atoms with Gasteiger partial charge in [-0.05, 0) is 40.9 Å². The molecule has 0 radical (unpaired) electrons. The second-order valence-corrected chi connectivity index (χ2v) is 7.94. The van der Waals surface area contributed by atoms with Gasteiger partial charge in [0.05, 0.1) is 0 Å². The molecule has 0 atom stereocenters. The summed E-state index contributed by atoms with van der Waals surface area (Å²) >= 11 is 0. The van der Waals surface area contributed by atoms with Crippen LogP contribution < -0.4 is 5.32 Å². The average Bonchev–Trinajstić information content (AvgIpc) is 2.27. The van der Waals surface area contributed by atoms with Gasteiger partial charge in [-0.25, -0.2) is 0 Å². The maximum atomic E-state index is 4.02. The van der Waals surface area contributed by atoms with Crippen molar-refractivity contribution in [2.75, 3.05) is 12.4 Å². The van der Waals surface area contributed by atoms with E-state index in [4.69, 9.17) is 0 Å². The maximum absolute atomic E-state index is 4.02. The van der Waals surface area contributed by atoms with Gasteiger partial charge in [-0.1, -0.05) is 60.3 Å². The summed E-state index contributed by atoms with van der Waals surface area (Å²) in [6, 6.07) is 2.39. The third-order valence-corrected chi connectivity index (χ3v) is 3.70. The van der Waals surface area contributed by atoms with Crippen molar-refractivity contribution in [1.82, 2.24) is 0 Å². The Morgan fingerprint density at radius 3 is 2.05 bits per heavy atom. The van der Waals surface area contributed by atoms with Gasteiger partial charge in [0, 0.05) is 18.3 Å². The Kier molecular flexibility index (Phi) is 4.74. The van der Waals surface area contributed by atoms with Crippen LogP contribution in [0.2, 0.25) is 0 Å². The van der Waals surface area contributed by atoms with Crippen LogP contribution >= 0.6 is 0 Å². The summed E-state index contributed by atoms with van der Waals surface area (Å²) < 4.78 is 0. The largest absolute Gasteiger partial charge is 0.387 e. The highest BCUT2D eigenvalue weighted by molar-refractivity contribution is 5.74. The van der Waals surface area contributed by atoms with Crippen molar-refractivity contribution < 1.29 is 0 Å². The first-order valence-corrected chi connectivity index (χ1v) is 7.48. The molecule has 1 aromatic rings. The zero-order valence-electron chi connectivity index (χ0n) is 14.6. The van der Waals surface area contributed by atoms with Crippen LogP contribution in [0, 0.1) is 12.3 Å². The Labute approximate surface area is 125 Å². The van der Waals surface area contributed by atoms with E-state index in [2.05, 4.69) is 66.4 Å². The van der Waals surface area contributed by atoms with Crippen LogP contribution in [0.15, 0.2) is 12.6 Å². The molecule has 112 valence electrons. The van der Waals surface area contributed by atoms with E-state index < -0.39 is 0 Å². The van der Waals surface area contributed by atoms with Crippen LogP contribution in [0.4, 0.5) is 5.69 Å². The van der Waals surface area contributed by atoms with Gasteiger partial charge in [-0.15, -0.1) is 0 Å². The molecule has 0 spiro atoms. The lowest BCUT2D eigenvalue weighted by Crippen LogP contribution is -2.18. The van der Waals surface area contributed by atoms with Gasteiger partial charge in [0.1, 0.15) is 0 Å². The van der Waals surface area contributed by atoms with Gasteiger partial charge < -0.3 is 5.32 Å². The molecule has 0 bridgehead atoms. The number of nitrogens with one attached hydrogen (secondary N) is 1. The van der Waals surface area contributed by atoms with Crippen LogP contribution in [0.3, 0.4) is 0 Å². The number of rotatable bonds is 3. The summed E-state index contributed by atoms with van der Waals surface area (Å²) in [7, 11) is 2.00. The van der Waals surface area contributed by atoms with Crippen LogP contribution in [-0.2, 0) is 11.8 Å². The maximum Gasteiger partial charge on any atom is 0.0446 e. The lowest BCUT2D eigenvalue weighted by Gasteiger charge is -2.29. The second-order valence-electron chi connectivity index (χ2n) is 7.94. The summed E-state index contributed by atoms with van der Waals surface area (Å²) in [5, 5.41) is 3.39. The molecule has 1 aromatic carbocycles. The van der Waals surface area contributed by atoms with E-state index in [9.17, 15) is 0 Å². The van der Waals surface area contributed by atoms with E-state index in [0.29, 0.717) is 0 Å². The minimum Gasteiger partial charge on any atom is -0.387 e. The van der Waals surface area contributed by atoms with Crippen molar-refractivity contribution in [3.63, 3.8) is 0 Å². The molecule has 0 amide bonds. The Morgan fingerprint density at radius 1 is 1.15 bits per heavy atom. The van der Waals surface area contributed by atoms with E-state index in [1.807, 2.05) is 13.1 Å². The molecule has 0 heterocycles. The molecule has 0 saturated carbocycles. The smallest absolute Gasteiger partial charge is 0.0446 e. The SMILES string of the molecule is C=Cc1c(C)c(C(C)(C)C)cc(CC(C)(C)C)c1NC. The quantitative estimate of drug-likeness (QED) is 0.759. The molecule has 1 nitrogen and oxygen atoms in total. The molecular formula is C19H31N. The molecule has 20 heavy (non-hydrogen) atoms. The molecule has 1 heteroatoms. The van der Waals surface area contributed by atoms with Crippen LogP contribution in [0.1, 0.15) is 63.8 Å². The number of hydrogen-bond acceptors (Lipinski definition) is 1. The fourth-order valence-corrected chi connectivity index (χ4v) is 2.90. The van der Waals surface area contributed by atoms with Crippen molar-refractivity contribution in [2.24, 2.45) is 5.41 Å². The fraction of sp³-hybridized carbons (Fsp3) is 0.579. The molecule has 1 N–H and O–H groups in total. The number of benzene rings is 1. The Balaban J connectivity index is 3.61. The molecule has 0 aromatic heterocycles. The molecule has 0 aliphatic rings. The molecule has 0 aliphatic heterocycles. The molecule has 0 fully saturated rings. The number of hydrogen-bond donors (Lipinski definition) is 1. The average molecular weight is 273 g/mol. The van der Waals surface area contributed by atoms with E-state index in [-0.39, 0.29) is 10.8 Å². The molecule has 0 aliphatic carbocycles. The summed E-state index contributed by atoms with van der Waals surface area (Å²) in [6.07, 6.45) is 3.05. The fourth-order valence-electron chi connectivity index (χ4n) is 2.90. The van der Waals surface area contributed by atoms with Crippen LogP contribution in [0.25, 0.3) is 6.08 Å². The zero-order valence-corrected chi connectivity index (χ0v) is 14.6. The Morgan fingerprint density at radius 2 is 1.70 bits per heavy atom. The highest BCUT2D eigenvalue weighted by Crippen LogP contribution is 2.37. The van der Waals surface area contributed by atoms with Crippen LogP contribution in [-0.4, -0.2) is 7.05 Å². The second kappa shape index (κ2) is 5.63. The minimum absolute atomic E-state index is 0.154. The third-order valence-electron chi connectivity index (χ3n) is 3.70. The molecular weight excluding hydrogens is 242 g/mol. The standard InChI is InChI=1S/C19H31N/c1-10-15-13(2)16(19(6,7)8)11-14(17(15)20-9)12-18(3,4)5/h10-11,20H,1,12H2,2-9H3. The van der Waals surface area contributed by atoms with Gasteiger partial charge in [0.25, 0.3) is 0 Å². The van der Waals surface area contributed by atoms with Crippen molar-refractivity contribution in [3.8, 4) is 0 Å². The summed E-state index contributed by atoms with van der Waals surface area (Å²) in [5.41, 5.74) is 7.07. The van der Waals surface area contributed by atoms with Gasteiger partial charge in [-0.3, -0.25) is 0 Å². The summed E-state index contributed by atoms with van der Waals surface area (Å²) in [4.78, 5) is 0. The first-order chi connectivity index (χ1) is 9.01. The van der Waals surface area contributed by atoms with E-state index >= 15 is 0 Å². The minimum atomic E-state index is 0.154. The Hall–Kier alpha value is -1.24. The normalized spacial score (nSPS) is 12.4. The van der Waals surface area contributed by atoms with E-state index in [1.165, 1.54) is 27.9 Å². The van der Waals surface area contributed by atoms with Crippen LogP contribution in [0.5, 0.6) is 0 Å². The Bertz CT molecular complexity index is 496. The highest BCUT2D eigenvalue weighted by atomic mass is 14.8. The molecule has 1 rings (SSSR count). The van der Waals surface area contributed by atoms with Crippen molar-refractivity contribution in [3.05, 3.63) is 34.9 Å². The lowest BCUT2D eigenvalue weighted by atomic mass is 9.78. The molecule has 0 unspecified atom stereocenters. The van der Waals surface area contributed by atoms with Gasteiger partial charge in [-0.2, -0.15) is 0 Å². The van der Waals surface area contributed by atoms with Gasteiger partial charge >= 0.3 is 0 Å². The molecule has 0 saturated heterocycles. The van der Waals surface area contributed by atoms with Crippen molar-refractivity contribution in [2.45, 2.75) is 60.3 Å². The third kappa shape index (κ3) is 3.65. The summed E-state index contributed by atoms with van der Waals surface area (Å²) in [6.45, 7) is 19.9. The van der Waals surface area contributed by atoms with E-state index in [1.54, 1.807) is 0 Å². The lowest BCUT2D eigenvalue weighted by molar-refractivity contribution is 0.411. The number of anilines is 1.